The van der Waals surface area contributed by atoms with Crippen LogP contribution in [0.1, 0.15) is 137 Å². The van der Waals surface area contributed by atoms with E-state index < -0.39 is 29.3 Å². The van der Waals surface area contributed by atoms with Crippen LogP contribution in [0.4, 0.5) is 64.1 Å². The normalized spacial score (nSPS) is 14.3. The maximum Gasteiger partial charge on any atom is 0.183 e. The van der Waals surface area contributed by atoms with Crippen molar-refractivity contribution in [2.24, 2.45) is 20.0 Å². The minimum absolute atomic E-state index is 0.139. The molecule has 2 unspecified atom stereocenters. The fourth-order valence-corrected chi connectivity index (χ4v) is 9.32. The first kappa shape index (κ1) is 72.8. The Morgan fingerprint density at radius 1 is 0.333 bits per heavy atom. The molecule has 0 amide bonds. The largest absolute Gasteiger partial charge is 0.359 e. The lowest BCUT2D eigenvalue weighted by Gasteiger charge is -2.16. The minimum atomic E-state index is -0.514. The molecule has 12 heterocycles. The number of nitriles is 4. The maximum atomic E-state index is 13.0. The molecule has 34 heteroatoms. The molecule has 0 aliphatic carbocycles. The molecule has 4 atom stereocenters. The van der Waals surface area contributed by atoms with Crippen LogP contribution in [0.15, 0.2) is 140 Å². The Morgan fingerprint density at radius 3 is 0.931 bits per heavy atom. The number of halogens is 4. The molecule has 516 valence electrons. The lowest BCUT2D eigenvalue weighted by molar-refractivity contribution is 0.604. The predicted octanol–water partition coefficient (Wildman–Crippen LogP) is 10.7. The standard InChI is InChI=1S/C18H18FN7.C17H17FN8.C17H16FN7.C16H15FN8/c1-10-6-16(22-8-10)25-17-12(3)23-15(7-20)18(26-17)24-11(2)14-5-4-13(19)9-21-14;1-9-4-14(20-6-9)25-16-11(3)23-13(5-19)17(26-16)24-10(2)15-21-7-12(18)8-22-15;1-10-5-15(22-7-10)24-16-9-21-14(6-19)17(25-16)23-11(2)13-4-3-12(18)8-20-13;1-9-3-13(20-5-9)24-14-8-19-12(4-18)16(25-14)23-10(2)15-21-6-11(17)7-22-15/h4-6,9,11H,8H2,1-3H3,(H2,22,24,25,26);4,7-8,10H,6H2,1-3H3,(H2,20,24,25,26);3-5,8-9,11H,7H2,1-2H3,(H2,22,23,24,25);3,6-8,10H,5H2,1-2H3,(H2,20,23,24,25)/t;;11-;10-/m..00/s1. The third-order valence-corrected chi connectivity index (χ3v) is 14.5. The molecule has 0 saturated carbocycles. The number of pyridine rings is 2. The van der Waals surface area contributed by atoms with Crippen LogP contribution in [-0.2, 0) is 0 Å². The van der Waals surface area contributed by atoms with E-state index in [4.69, 9.17) is 0 Å². The average Bonchev–Trinajstić information content (AvgIpc) is 1.23. The Balaban J connectivity index is 0.000000158. The van der Waals surface area contributed by atoms with Gasteiger partial charge in [-0.05, 0) is 140 Å². The van der Waals surface area contributed by atoms with E-state index in [0.717, 1.165) is 59.5 Å². The molecule has 0 bridgehead atoms. The number of hydrogen-bond acceptors (Lipinski definition) is 30. The molecule has 8 aromatic rings. The second kappa shape index (κ2) is 34.1. The number of rotatable bonds is 16. The second-order valence-corrected chi connectivity index (χ2v) is 23.1. The molecule has 30 nitrogen and oxygen atoms in total. The van der Waals surface area contributed by atoms with E-state index >= 15 is 0 Å². The molecular formula is C68H66F4N30. The zero-order valence-electron chi connectivity index (χ0n) is 56.7. The van der Waals surface area contributed by atoms with Crippen LogP contribution >= 0.6 is 0 Å². The van der Waals surface area contributed by atoms with E-state index in [2.05, 4.69) is 132 Å². The number of nitrogens with one attached hydrogen (secondary N) is 8. The van der Waals surface area contributed by atoms with Crippen LogP contribution in [0.5, 0.6) is 0 Å². The van der Waals surface area contributed by atoms with Gasteiger partial charge in [0, 0.05) is 0 Å². The number of aryl methyl sites for hydroxylation is 2. The third kappa shape index (κ3) is 20.3. The molecule has 0 spiro atoms. The minimum Gasteiger partial charge on any atom is -0.359 e. The van der Waals surface area contributed by atoms with E-state index in [1.807, 2.05) is 90.1 Å². The number of aromatic nitrogens is 14. The average molecular weight is 1380 g/mol. The van der Waals surface area contributed by atoms with Crippen molar-refractivity contribution in [3.8, 4) is 24.3 Å². The highest BCUT2D eigenvalue weighted by Gasteiger charge is 2.22. The van der Waals surface area contributed by atoms with Crippen LogP contribution in [0.2, 0.25) is 0 Å². The van der Waals surface area contributed by atoms with Gasteiger partial charge in [-0.15, -0.1) is 0 Å². The second-order valence-electron chi connectivity index (χ2n) is 23.1. The van der Waals surface area contributed by atoms with E-state index in [1.54, 1.807) is 39.8 Å². The van der Waals surface area contributed by atoms with E-state index in [9.17, 15) is 38.6 Å². The van der Waals surface area contributed by atoms with Crippen LogP contribution in [-0.4, -0.2) is 119 Å². The molecular weight excluding hydrogens is 1310 g/mol. The van der Waals surface area contributed by atoms with Crippen molar-refractivity contribution in [1.29, 1.82) is 21.0 Å². The molecule has 4 aliphatic heterocycles. The maximum absolute atomic E-state index is 13.0. The first-order valence-corrected chi connectivity index (χ1v) is 31.3. The monoisotopic (exact) mass is 1380 g/mol. The van der Waals surface area contributed by atoms with Gasteiger partial charge in [0.2, 0.25) is 0 Å². The number of hydrogen-bond donors (Lipinski definition) is 8. The Bertz CT molecular complexity index is 4530. The lowest BCUT2D eigenvalue weighted by Crippen LogP contribution is -2.16. The molecule has 0 radical (unpaired) electrons. The molecule has 4 aliphatic rings. The summed E-state index contributed by atoms with van der Waals surface area (Å²) in [4.78, 5) is 75.7. The summed E-state index contributed by atoms with van der Waals surface area (Å²) >= 11 is 0. The lowest BCUT2D eigenvalue weighted by atomic mass is 10.2. The molecule has 12 rings (SSSR count). The summed E-state index contributed by atoms with van der Waals surface area (Å²) in [7, 11) is 0. The highest BCUT2D eigenvalue weighted by Crippen LogP contribution is 2.27. The number of amidine groups is 4. The van der Waals surface area contributed by atoms with Crippen molar-refractivity contribution < 1.29 is 17.6 Å². The molecule has 8 aromatic heterocycles. The van der Waals surface area contributed by atoms with E-state index in [-0.39, 0.29) is 46.7 Å². The summed E-state index contributed by atoms with van der Waals surface area (Å²) in [5.41, 5.74) is 7.67. The fourth-order valence-electron chi connectivity index (χ4n) is 9.32. The summed E-state index contributed by atoms with van der Waals surface area (Å²) in [6.45, 7) is 21.4. The number of nitrogens with zero attached hydrogens (tertiary/aromatic N) is 22. The highest BCUT2D eigenvalue weighted by atomic mass is 19.1. The number of aliphatic imine (C=N–C) groups is 4. The van der Waals surface area contributed by atoms with Gasteiger partial charge in [-0.1, -0.05) is 0 Å². The van der Waals surface area contributed by atoms with E-state index in [0.29, 0.717) is 125 Å². The topological polar surface area (TPSA) is 421 Å². The fraction of sp³-hybridized carbons (Fsp3) is 0.265. The quantitative estimate of drug-likeness (QED) is 0.0417. The van der Waals surface area contributed by atoms with Crippen LogP contribution in [0.25, 0.3) is 0 Å². The van der Waals surface area contributed by atoms with Crippen molar-refractivity contribution in [1.82, 2.24) is 69.8 Å². The van der Waals surface area contributed by atoms with Gasteiger partial charge in [0.1, 0.15) is 70.9 Å². The Hall–Kier alpha value is -13.5. The van der Waals surface area contributed by atoms with Crippen LogP contribution in [0, 0.1) is 82.4 Å². The Morgan fingerprint density at radius 2 is 0.637 bits per heavy atom. The summed E-state index contributed by atoms with van der Waals surface area (Å²) in [5, 5.41) is 61.9. The smallest absolute Gasteiger partial charge is 0.183 e. The van der Waals surface area contributed by atoms with Crippen molar-refractivity contribution in [2.45, 2.75) is 93.4 Å². The molecule has 0 saturated heterocycles. The van der Waals surface area contributed by atoms with Gasteiger partial charge in [-0.3, -0.25) is 29.9 Å². The highest BCUT2D eigenvalue weighted by molar-refractivity contribution is 6.07. The van der Waals surface area contributed by atoms with Gasteiger partial charge in [-0.2, -0.15) is 21.0 Å². The first-order valence-electron chi connectivity index (χ1n) is 31.3. The summed E-state index contributed by atoms with van der Waals surface area (Å²) in [5.74, 6) is 4.93. The predicted molar refractivity (Wildman–Crippen MR) is 376 cm³/mol. The molecule has 102 heavy (non-hydrogen) atoms. The van der Waals surface area contributed by atoms with Gasteiger partial charge >= 0.3 is 0 Å². The number of anilines is 8. The van der Waals surface area contributed by atoms with Gasteiger partial charge in [0.25, 0.3) is 0 Å². The molecule has 0 fully saturated rings. The van der Waals surface area contributed by atoms with Crippen molar-refractivity contribution in [3.05, 3.63) is 201 Å². The van der Waals surface area contributed by atoms with Gasteiger partial charge < -0.3 is 42.5 Å². The zero-order chi connectivity index (χ0) is 73.0. The van der Waals surface area contributed by atoms with E-state index in [1.165, 1.54) is 24.5 Å². The third-order valence-electron chi connectivity index (χ3n) is 14.5. The van der Waals surface area contributed by atoms with Crippen LogP contribution in [0.3, 0.4) is 0 Å². The van der Waals surface area contributed by atoms with Gasteiger partial charge in [0.15, 0.2) is 81.0 Å². The van der Waals surface area contributed by atoms with Gasteiger partial charge in [-0.25, -0.2) is 77.4 Å². The molecule has 8 N–H and O–H groups in total. The van der Waals surface area contributed by atoms with Crippen molar-refractivity contribution in [3.63, 3.8) is 0 Å². The summed E-state index contributed by atoms with van der Waals surface area (Å²) in [6.07, 6.45) is 17.3. The van der Waals surface area contributed by atoms with Crippen LogP contribution < -0.4 is 42.5 Å². The Labute approximate surface area is 583 Å². The summed E-state index contributed by atoms with van der Waals surface area (Å²) in [6, 6.07) is 12.6. The zero-order valence-corrected chi connectivity index (χ0v) is 56.7. The summed E-state index contributed by atoms with van der Waals surface area (Å²) < 4.78 is 52.0. The van der Waals surface area contributed by atoms with Crippen molar-refractivity contribution >= 4 is 69.9 Å². The molecule has 0 aromatic carbocycles. The Kier molecular flexibility index (Phi) is 24.3. The first-order chi connectivity index (χ1) is 49.0. The van der Waals surface area contributed by atoms with Gasteiger partial charge in [0.05, 0.1) is 123 Å². The van der Waals surface area contributed by atoms with Crippen molar-refractivity contribution in [2.75, 3.05) is 68.7 Å². The SMILES string of the molecule is CC1=CC(Nc2cnc(C#N)c(N[C@@H](C)c3ccc(F)cn3)n2)=NC1.CC1=CC(Nc2cnc(C#N)c(N[C@@H](C)c3ncc(F)cn3)n2)=NC1.CC1=CC(Nc2nc(NC(C)c3ccc(F)cn3)c(C#N)nc2C)=NC1.CC1=CC(Nc2nc(NC(C)c3ncc(F)cn3)c(C#N)nc2C)=NC1.